The number of hydrogen-bond acceptors (Lipinski definition) is 5. The molecule has 0 radical (unpaired) electrons. The summed E-state index contributed by atoms with van der Waals surface area (Å²) in [5, 5.41) is 19.8. The molecule has 2 N–H and O–H groups in total. The predicted octanol–water partition coefficient (Wildman–Crippen LogP) is 3.88. The Morgan fingerprint density at radius 3 is 2.48 bits per heavy atom. The lowest BCUT2D eigenvalue weighted by Crippen LogP contribution is -2.46. The summed E-state index contributed by atoms with van der Waals surface area (Å²) in [6.07, 6.45) is 3.73. The van der Waals surface area contributed by atoms with Crippen LogP contribution < -0.4 is 9.47 Å². The number of rotatable bonds is 9. The summed E-state index contributed by atoms with van der Waals surface area (Å²) >= 11 is 0. The molecule has 0 spiro atoms. The van der Waals surface area contributed by atoms with Crippen LogP contribution in [0, 0.1) is 5.41 Å². The highest BCUT2D eigenvalue weighted by Crippen LogP contribution is 2.36. The fourth-order valence-electron chi connectivity index (χ4n) is 4.15. The Morgan fingerprint density at radius 1 is 1.10 bits per heavy atom. The lowest BCUT2D eigenvalue weighted by atomic mass is 9.76. The number of phenolic OH excluding ortho intramolecular Hbond substituents is 1. The van der Waals surface area contributed by atoms with Crippen LogP contribution in [0.3, 0.4) is 0 Å². The summed E-state index contributed by atoms with van der Waals surface area (Å²) in [6.45, 7) is 5.03. The van der Waals surface area contributed by atoms with E-state index in [-0.39, 0.29) is 17.8 Å². The third-order valence-electron chi connectivity index (χ3n) is 6.24. The number of aliphatic hydroxyl groups excluding tert-OH is 1. The third-order valence-corrected chi connectivity index (χ3v) is 6.24. The van der Waals surface area contributed by atoms with Gasteiger partial charge in [-0.15, -0.1) is 0 Å². The molecule has 1 heterocycles. The van der Waals surface area contributed by atoms with E-state index in [2.05, 4.69) is 11.8 Å². The Hall–Kier alpha value is -2.24. The van der Waals surface area contributed by atoms with Crippen LogP contribution in [0.15, 0.2) is 48.5 Å². The Bertz CT molecular complexity index is 757. The number of aromatic hydroxyl groups is 1. The monoisotopic (exact) mass is 399 g/mol. The van der Waals surface area contributed by atoms with Crippen LogP contribution in [0.25, 0.3) is 0 Å². The number of methoxy groups -OCH3 is 1. The van der Waals surface area contributed by atoms with Gasteiger partial charge in [-0.05, 0) is 80.9 Å². The lowest BCUT2D eigenvalue weighted by Gasteiger charge is -2.43. The zero-order valence-corrected chi connectivity index (χ0v) is 17.5. The first-order valence-electron chi connectivity index (χ1n) is 10.4. The minimum atomic E-state index is -0.0489. The smallest absolute Gasteiger partial charge is 0.160 e. The molecule has 1 atom stereocenters. The van der Waals surface area contributed by atoms with Crippen LogP contribution in [0.1, 0.15) is 31.7 Å². The number of benzene rings is 2. The van der Waals surface area contributed by atoms with E-state index in [1.165, 1.54) is 0 Å². The average Bonchev–Trinajstić information content (AvgIpc) is 2.76. The van der Waals surface area contributed by atoms with E-state index in [4.69, 9.17) is 9.47 Å². The molecule has 1 aliphatic heterocycles. The van der Waals surface area contributed by atoms with Gasteiger partial charge in [-0.25, -0.2) is 0 Å². The minimum Gasteiger partial charge on any atom is -0.504 e. The summed E-state index contributed by atoms with van der Waals surface area (Å²) in [4.78, 5) is 2.49. The second kappa shape index (κ2) is 9.99. The van der Waals surface area contributed by atoms with E-state index in [1.807, 2.05) is 42.5 Å². The van der Waals surface area contributed by atoms with Gasteiger partial charge in [-0.1, -0.05) is 24.3 Å². The number of aliphatic hydroxyl groups is 1. The van der Waals surface area contributed by atoms with Crippen LogP contribution in [0.5, 0.6) is 17.2 Å². The Labute approximate surface area is 173 Å². The quantitative estimate of drug-likeness (QED) is 0.670. The van der Waals surface area contributed by atoms with Crippen LogP contribution >= 0.6 is 0 Å². The third kappa shape index (κ3) is 5.64. The fraction of sp³-hybridized carbons (Fsp3) is 0.500. The van der Waals surface area contributed by atoms with Crippen molar-refractivity contribution in [2.24, 2.45) is 5.41 Å². The van der Waals surface area contributed by atoms with Crippen molar-refractivity contribution in [3.63, 3.8) is 0 Å². The summed E-state index contributed by atoms with van der Waals surface area (Å²) in [6, 6.07) is 15.8. The summed E-state index contributed by atoms with van der Waals surface area (Å²) in [5.41, 5.74) is 1.11. The van der Waals surface area contributed by atoms with Crippen LogP contribution in [-0.2, 0) is 6.42 Å². The van der Waals surface area contributed by atoms with Gasteiger partial charge in [0, 0.05) is 12.6 Å². The highest BCUT2D eigenvalue weighted by molar-refractivity contribution is 5.41. The highest BCUT2D eigenvalue weighted by Gasteiger charge is 2.35. The summed E-state index contributed by atoms with van der Waals surface area (Å²) in [5.74, 6) is 1.58. The predicted molar refractivity (Wildman–Crippen MR) is 115 cm³/mol. The molecule has 0 aromatic heterocycles. The van der Waals surface area contributed by atoms with E-state index >= 15 is 0 Å². The molecule has 1 fully saturated rings. The summed E-state index contributed by atoms with van der Waals surface area (Å²) < 4.78 is 11.1. The van der Waals surface area contributed by atoms with Crippen LogP contribution in [0.4, 0.5) is 0 Å². The van der Waals surface area contributed by atoms with E-state index in [0.29, 0.717) is 18.4 Å². The van der Waals surface area contributed by atoms with Crippen LogP contribution in [-0.4, -0.2) is 54.6 Å². The molecule has 0 saturated carbocycles. The molecule has 0 bridgehead atoms. The summed E-state index contributed by atoms with van der Waals surface area (Å²) in [7, 11) is 1.57. The second-order valence-corrected chi connectivity index (χ2v) is 8.16. The molecule has 0 amide bonds. The van der Waals surface area contributed by atoms with E-state index in [0.717, 1.165) is 50.1 Å². The van der Waals surface area contributed by atoms with Crippen molar-refractivity contribution in [2.45, 2.75) is 38.6 Å². The van der Waals surface area contributed by atoms with Gasteiger partial charge in [0.15, 0.2) is 11.5 Å². The number of ether oxygens (including phenoxy) is 2. The van der Waals surface area contributed by atoms with Gasteiger partial charge < -0.3 is 24.6 Å². The first-order valence-corrected chi connectivity index (χ1v) is 10.4. The molecule has 0 aliphatic carbocycles. The lowest BCUT2D eigenvalue weighted by molar-refractivity contribution is 0.0151. The number of nitrogens with zero attached hydrogens (tertiary/aromatic N) is 1. The highest BCUT2D eigenvalue weighted by atomic mass is 16.5. The largest absolute Gasteiger partial charge is 0.504 e. The van der Waals surface area contributed by atoms with Gasteiger partial charge >= 0.3 is 0 Å². The van der Waals surface area contributed by atoms with Gasteiger partial charge in [-0.2, -0.15) is 0 Å². The molecule has 158 valence electrons. The molecule has 1 aliphatic rings. The zero-order valence-electron chi connectivity index (χ0n) is 17.5. The van der Waals surface area contributed by atoms with Crippen molar-refractivity contribution >= 4 is 0 Å². The first kappa shape index (κ1) is 21.5. The molecular formula is C24H33NO4. The number of para-hydroxylation sites is 1. The number of hydrogen-bond donors (Lipinski definition) is 2. The fourth-order valence-corrected chi connectivity index (χ4v) is 4.15. The molecule has 29 heavy (non-hydrogen) atoms. The van der Waals surface area contributed by atoms with Gasteiger partial charge in [0.25, 0.3) is 0 Å². The normalized spacial score (nSPS) is 17.6. The Kier molecular flexibility index (Phi) is 7.40. The maximum atomic E-state index is 10.1. The molecule has 5 heteroatoms. The van der Waals surface area contributed by atoms with E-state index in [9.17, 15) is 10.2 Å². The molecule has 2 aromatic carbocycles. The van der Waals surface area contributed by atoms with Gasteiger partial charge in [0.1, 0.15) is 5.75 Å². The van der Waals surface area contributed by atoms with Crippen molar-refractivity contribution in [1.29, 1.82) is 0 Å². The molecule has 5 nitrogen and oxygen atoms in total. The number of piperidine rings is 1. The van der Waals surface area contributed by atoms with E-state index < -0.39 is 0 Å². The van der Waals surface area contributed by atoms with E-state index in [1.54, 1.807) is 13.2 Å². The molecule has 3 rings (SSSR count). The van der Waals surface area contributed by atoms with Gasteiger partial charge in [0.2, 0.25) is 0 Å². The number of phenols is 1. The second-order valence-electron chi connectivity index (χ2n) is 8.16. The minimum absolute atomic E-state index is 0.0489. The van der Waals surface area contributed by atoms with Crippen molar-refractivity contribution in [3.8, 4) is 17.2 Å². The Morgan fingerprint density at radius 2 is 1.83 bits per heavy atom. The molecule has 2 aromatic rings. The van der Waals surface area contributed by atoms with Gasteiger partial charge in [0.05, 0.1) is 13.7 Å². The van der Waals surface area contributed by atoms with Crippen molar-refractivity contribution < 1.29 is 19.7 Å². The van der Waals surface area contributed by atoms with Crippen molar-refractivity contribution in [2.75, 3.05) is 33.4 Å². The maximum Gasteiger partial charge on any atom is 0.160 e. The van der Waals surface area contributed by atoms with Crippen molar-refractivity contribution in [3.05, 3.63) is 54.1 Å². The number of likely N-dealkylation sites (tertiary alicyclic amines) is 1. The van der Waals surface area contributed by atoms with Crippen LogP contribution in [0.2, 0.25) is 0 Å². The van der Waals surface area contributed by atoms with Crippen molar-refractivity contribution in [1.82, 2.24) is 4.90 Å². The standard InChI is InChI=1S/C24H33NO4/c1-19(16-20-8-9-22(27)23(17-20)28-2)25-13-10-24(18-26,11-14-25)12-15-29-21-6-4-3-5-7-21/h3-9,17,19,26-27H,10-16,18H2,1-2H3/t19-/m1/s1. The molecule has 1 saturated heterocycles. The molecular weight excluding hydrogens is 366 g/mol. The zero-order chi connectivity index (χ0) is 20.7. The maximum absolute atomic E-state index is 10.1. The average molecular weight is 400 g/mol. The first-order chi connectivity index (χ1) is 14.0. The van der Waals surface area contributed by atoms with Gasteiger partial charge in [-0.3, -0.25) is 0 Å². The SMILES string of the molecule is COc1cc(C[C@@H](C)N2CCC(CO)(CCOc3ccccc3)CC2)ccc1O. The molecule has 0 unspecified atom stereocenters. The topological polar surface area (TPSA) is 62.2 Å². The Balaban J connectivity index is 1.49.